The molecule has 0 bridgehead atoms. The van der Waals surface area contributed by atoms with E-state index in [-0.39, 0.29) is 6.10 Å². The third-order valence-electron chi connectivity index (χ3n) is 2.22. The van der Waals surface area contributed by atoms with Crippen molar-refractivity contribution in [2.75, 3.05) is 20.8 Å². The number of benzene rings is 1. The largest absolute Gasteiger partial charge is 0.497 e. The Morgan fingerprint density at radius 1 is 1.21 bits per heavy atom. The molecule has 0 saturated heterocycles. The molecule has 0 fully saturated rings. The van der Waals surface area contributed by atoms with Crippen molar-refractivity contribution in [3.63, 3.8) is 0 Å². The van der Waals surface area contributed by atoms with Crippen LogP contribution in [0.1, 0.15) is 5.56 Å². The van der Waals surface area contributed by atoms with E-state index in [2.05, 4.69) is 0 Å². The highest BCUT2D eigenvalue weighted by Gasteiger charge is 2.05. The first-order valence-electron chi connectivity index (χ1n) is 4.66. The van der Waals surface area contributed by atoms with Crippen LogP contribution in [0.25, 0.3) is 0 Å². The summed E-state index contributed by atoms with van der Waals surface area (Å²) >= 11 is 0. The second-order valence-electron chi connectivity index (χ2n) is 3.15. The standard InChI is InChI=1S/C11H17NO2/c1-13-10-5-3-9(4-6-10)7-11(8-12)14-2/h3-6,11H,7-8,12H2,1-2H3. The Labute approximate surface area is 84.8 Å². The Hall–Kier alpha value is -1.06. The summed E-state index contributed by atoms with van der Waals surface area (Å²) in [6, 6.07) is 7.94. The number of nitrogens with two attached hydrogens (primary N) is 1. The molecule has 1 aromatic carbocycles. The number of methoxy groups -OCH3 is 2. The van der Waals surface area contributed by atoms with Crippen molar-refractivity contribution < 1.29 is 9.47 Å². The van der Waals surface area contributed by atoms with Crippen molar-refractivity contribution in [3.05, 3.63) is 29.8 Å². The lowest BCUT2D eigenvalue weighted by atomic mass is 10.1. The first kappa shape index (κ1) is 11.0. The van der Waals surface area contributed by atoms with E-state index >= 15 is 0 Å². The maximum Gasteiger partial charge on any atom is 0.118 e. The first-order chi connectivity index (χ1) is 6.80. The number of ether oxygens (including phenoxy) is 2. The highest BCUT2D eigenvalue weighted by molar-refractivity contribution is 5.27. The quantitative estimate of drug-likeness (QED) is 0.768. The van der Waals surface area contributed by atoms with Gasteiger partial charge in [0.25, 0.3) is 0 Å². The first-order valence-corrected chi connectivity index (χ1v) is 4.66. The van der Waals surface area contributed by atoms with Gasteiger partial charge in [-0.05, 0) is 24.1 Å². The highest BCUT2D eigenvalue weighted by Crippen LogP contribution is 2.12. The molecule has 0 aliphatic heterocycles. The predicted octanol–water partition coefficient (Wildman–Crippen LogP) is 1.21. The van der Waals surface area contributed by atoms with Crippen LogP contribution < -0.4 is 10.5 Å². The summed E-state index contributed by atoms with van der Waals surface area (Å²) in [5.41, 5.74) is 6.75. The molecular weight excluding hydrogens is 178 g/mol. The zero-order chi connectivity index (χ0) is 10.4. The van der Waals surface area contributed by atoms with E-state index < -0.39 is 0 Å². The lowest BCUT2D eigenvalue weighted by Gasteiger charge is -2.12. The summed E-state index contributed by atoms with van der Waals surface area (Å²) in [4.78, 5) is 0. The maximum absolute atomic E-state index is 5.54. The molecule has 3 heteroatoms. The van der Waals surface area contributed by atoms with Crippen molar-refractivity contribution in [1.82, 2.24) is 0 Å². The van der Waals surface area contributed by atoms with Gasteiger partial charge in [0, 0.05) is 13.7 Å². The summed E-state index contributed by atoms with van der Waals surface area (Å²) in [5.74, 6) is 0.871. The Kier molecular flexibility index (Phi) is 4.43. The SMILES string of the molecule is COc1ccc(CC(CN)OC)cc1. The lowest BCUT2D eigenvalue weighted by Crippen LogP contribution is -2.24. The van der Waals surface area contributed by atoms with Gasteiger partial charge in [-0.3, -0.25) is 0 Å². The molecule has 1 unspecified atom stereocenters. The smallest absolute Gasteiger partial charge is 0.118 e. The fourth-order valence-electron chi connectivity index (χ4n) is 1.29. The normalized spacial score (nSPS) is 12.5. The van der Waals surface area contributed by atoms with Crippen molar-refractivity contribution in [1.29, 1.82) is 0 Å². The van der Waals surface area contributed by atoms with E-state index in [1.807, 2.05) is 24.3 Å². The maximum atomic E-state index is 5.54. The summed E-state index contributed by atoms with van der Waals surface area (Å²) in [6.45, 7) is 0.544. The van der Waals surface area contributed by atoms with Crippen molar-refractivity contribution >= 4 is 0 Å². The van der Waals surface area contributed by atoms with Crippen LogP contribution in [0, 0.1) is 0 Å². The van der Waals surface area contributed by atoms with Crippen LogP contribution in [-0.2, 0) is 11.2 Å². The van der Waals surface area contributed by atoms with Crippen LogP contribution >= 0.6 is 0 Å². The van der Waals surface area contributed by atoms with Crippen LogP contribution in [0.5, 0.6) is 5.75 Å². The molecule has 0 aliphatic rings. The minimum Gasteiger partial charge on any atom is -0.497 e. The van der Waals surface area contributed by atoms with Crippen molar-refractivity contribution in [3.8, 4) is 5.75 Å². The molecule has 1 atom stereocenters. The molecule has 0 aromatic heterocycles. The molecule has 3 nitrogen and oxygen atoms in total. The summed E-state index contributed by atoms with van der Waals surface area (Å²) in [6.07, 6.45) is 0.945. The molecule has 2 N–H and O–H groups in total. The topological polar surface area (TPSA) is 44.5 Å². The number of hydrogen-bond acceptors (Lipinski definition) is 3. The van der Waals surface area contributed by atoms with E-state index in [4.69, 9.17) is 15.2 Å². The third-order valence-corrected chi connectivity index (χ3v) is 2.22. The fourth-order valence-corrected chi connectivity index (χ4v) is 1.29. The Balaban J connectivity index is 2.58. The molecule has 1 aromatic rings. The Morgan fingerprint density at radius 2 is 1.86 bits per heavy atom. The van der Waals surface area contributed by atoms with E-state index in [0.29, 0.717) is 6.54 Å². The number of hydrogen-bond donors (Lipinski definition) is 1. The van der Waals surface area contributed by atoms with Gasteiger partial charge in [0.1, 0.15) is 5.75 Å². The highest BCUT2D eigenvalue weighted by atomic mass is 16.5. The average Bonchev–Trinajstić information content (AvgIpc) is 2.26. The van der Waals surface area contributed by atoms with Gasteiger partial charge in [0.2, 0.25) is 0 Å². The van der Waals surface area contributed by atoms with E-state index in [1.165, 1.54) is 5.56 Å². The van der Waals surface area contributed by atoms with Gasteiger partial charge in [-0.1, -0.05) is 12.1 Å². The van der Waals surface area contributed by atoms with E-state index in [0.717, 1.165) is 12.2 Å². The predicted molar refractivity (Wildman–Crippen MR) is 56.5 cm³/mol. The van der Waals surface area contributed by atoms with E-state index in [1.54, 1.807) is 14.2 Å². The van der Waals surface area contributed by atoms with Crippen LogP contribution in [0.4, 0.5) is 0 Å². The molecule has 0 saturated carbocycles. The molecule has 0 heterocycles. The molecule has 0 aliphatic carbocycles. The van der Waals surface area contributed by atoms with Crippen LogP contribution in [0.15, 0.2) is 24.3 Å². The van der Waals surface area contributed by atoms with E-state index in [9.17, 15) is 0 Å². The van der Waals surface area contributed by atoms with Crippen molar-refractivity contribution in [2.24, 2.45) is 5.73 Å². The van der Waals surface area contributed by atoms with Gasteiger partial charge in [0.15, 0.2) is 0 Å². The van der Waals surface area contributed by atoms with Gasteiger partial charge in [0.05, 0.1) is 13.2 Å². The average molecular weight is 195 g/mol. The second kappa shape index (κ2) is 5.62. The fraction of sp³-hybridized carbons (Fsp3) is 0.455. The molecule has 14 heavy (non-hydrogen) atoms. The third kappa shape index (κ3) is 3.01. The van der Waals surface area contributed by atoms with Gasteiger partial charge < -0.3 is 15.2 Å². The van der Waals surface area contributed by atoms with Gasteiger partial charge in [-0.15, -0.1) is 0 Å². The van der Waals surface area contributed by atoms with Crippen molar-refractivity contribution in [2.45, 2.75) is 12.5 Å². The zero-order valence-electron chi connectivity index (χ0n) is 8.69. The lowest BCUT2D eigenvalue weighted by molar-refractivity contribution is 0.110. The molecule has 0 amide bonds. The van der Waals surface area contributed by atoms with Gasteiger partial charge in [-0.2, -0.15) is 0 Å². The Bertz CT molecular complexity index is 254. The zero-order valence-corrected chi connectivity index (χ0v) is 8.69. The molecular formula is C11H17NO2. The van der Waals surface area contributed by atoms with Gasteiger partial charge in [-0.25, -0.2) is 0 Å². The van der Waals surface area contributed by atoms with Crippen LogP contribution in [0.3, 0.4) is 0 Å². The van der Waals surface area contributed by atoms with Crippen LogP contribution in [-0.4, -0.2) is 26.9 Å². The summed E-state index contributed by atoms with van der Waals surface area (Å²) < 4.78 is 10.3. The molecule has 0 spiro atoms. The minimum absolute atomic E-state index is 0.100. The number of rotatable bonds is 5. The summed E-state index contributed by atoms with van der Waals surface area (Å²) in [5, 5.41) is 0. The summed E-state index contributed by atoms with van der Waals surface area (Å²) in [7, 11) is 3.34. The minimum atomic E-state index is 0.100. The van der Waals surface area contributed by atoms with Crippen LogP contribution in [0.2, 0.25) is 0 Å². The second-order valence-corrected chi connectivity index (χ2v) is 3.15. The monoisotopic (exact) mass is 195 g/mol. The Morgan fingerprint density at radius 3 is 2.29 bits per heavy atom. The molecule has 78 valence electrons. The molecule has 0 radical (unpaired) electrons. The van der Waals surface area contributed by atoms with Gasteiger partial charge >= 0.3 is 0 Å². The molecule has 1 rings (SSSR count).